The number of alkyl halides is 2. The van der Waals surface area contributed by atoms with Crippen molar-refractivity contribution < 1.29 is 18.3 Å². The maximum atomic E-state index is 12.9. The molecule has 0 saturated carbocycles. The Balaban J connectivity index is 1.47. The summed E-state index contributed by atoms with van der Waals surface area (Å²) in [7, 11) is 1.61. The van der Waals surface area contributed by atoms with E-state index in [9.17, 15) is 18.4 Å². The number of hydrogen-bond donors (Lipinski definition) is 0. The number of aromatic nitrogens is 2. The number of halogens is 2. The van der Waals surface area contributed by atoms with E-state index in [1.54, 1.807) is 19.2 Å². The maximum Gasteiger partial charge on any atom is 0.387 e. The molecule has 164 valence electrons. The molecule has 0 radical (unpaired) electrons. The molecule has 0 aliphatic heterocycles. The number of rotatable bonds is 7. The Kier molecular flexibility index (Phi) is 6.27. The zero-order valence-electron chi connectivity index (χ0n) is 17.1. The van der Waals surface area contributed by atoms with Crippen molar-refractivity contribution in [3.8, 4) is 16.2 Å². The quantitative estimate of drug-likeness (QED) is 0.415. The standard InChI is InChI=1S/C23H19F2N3O3S/c1-27(12-15-7-9-17(10-8-15)31-23(24)25)20(29)13-28-14-26-18-11-19(32-21(18)22(28)30)16-5-3-2-4-6-16/h2-11,14,23H,12-13H2,1H3. The Morgan fingerprint density at radius 3 is 2.56 bits per heavy atom. The minimum absolute atomic E-state index is 0.0504. The zero-order valence-corrected chi connectivity index (χ0v) is 17.9. The van der Waals surface area contributed by atoms with Crippen LogP contribution in [0, 0.1) is 0 Å². The van der Waals surface area contributed by atoms with Crippen LogP contribution in [0.2, 0.25) is 0 Å². The first-order chi connectivity index (χ1) is 15.4. The molecule has 4 aromatic rings. The second-order valence-electron chi connectivity index (χ2n) is 7.14. The molecule has 0 atom stereocenters. The molecule has 0 aliphatic carbocycles. The lowest BCUT2D eigenvalue weighted by atomic mass is 10.2. The van der Waals surface area contributed by atoms with Gasteiger partial charge in [-0.05, 0) is 29.3 Å². The first kappa shape index (κ1) is 21.6. The summed E-state index contributed by atoms with van der Waals surface area (Å²) in [6.45, 7) is -2.78. The van der Waals surface area contributed by atoms with E-state index < -0.39 is 6.61 Å². The molecule has 0 saturated heterocycles. The first-order valence-corrected chi connectivity index (χ1v) is 10.5. The fourth-order valence-corrected chi connectivity index (χ4v) is 4.27. The molecular weight excluding hydrogens is 436 g/mol. The van der Waals surface area contributed by atoms with Gasteiger partial charge in [-0.1, -0.05) is 42.5 Å². The fourth-order valence-electron chi connectivity index (χ4n) is 3.21. The van der Waals surface area contributed by atoms with Gasteiger partial charge in [0.15, 0.2) is 0 Å². The van der Waals surface area contributed by atoms with E-state index >= 15 is 0 Å². The van der Waals surface area contributed by atoms with Crippen LogP contribution in [0.1, 0.15) is 5.56 Å². The van der Waals surface area contributed by atoms with Gasteiger partial charge in [0.1, 0.15) is 17.0 Å². The largest absolute Gasteiger partial charge is 0.435 e. The third kappa shape index (κ3) is 4.83. The molecule has 2 aromatic carbocycles. The molecule has 0 aliphatic rings. The third-order valence-corrected chi connectivity index (χ3v) is 6.02. The number of ether oxygens (including phenoxy) is 1. The normalized spacial score (nSPS) is 11.1. The van der Waals surface area contributed by atoms with Crippen molar-refractivity contribution in [3.05, 3.63) is 82.9 Å². The number of carbonyl (C=O) groups excluding carboxylic acids is 1. The van der Waals surface area contributed by atoms with Crippen LogP contribution in [-0.4, -0.2) is 34.0 Å². The first-order valence-electron chi connectivity index (χ1n) is 9.73. The monoisotopic (exact) mass is 455 g/mol. The number of carbonyl (C=O) groups is 1. The highest BCUT2D eigenvalue weighted by atomic mass is 32.1. The van der Waals surface area contributed by atoms with Crippen LogP contribution in [0.15, 0.2) is 71.8 Å². The minimum Gasteiger partial charge on any atom is -0.435 e. The zero-order chi connectivity index (χ0) is 22.7. The van der Waals surface area contributed by atoms with Crippen molar-refractivity contribution in [1.82, 2.24) is 14.5 Å². The predicted molar refractivity (Wildman–Crippen MR) is 119 cm³/mol. The van der Waals surface area contributed by atoms with Gasteiger partial charge in [-0.2, -0.15) is 8.78 Å². The van der Waals surface area contributed by atoms with Crippen molar-refractivity contribution in [1.29, 1.82) is 0 Å². The van der Waals surface area contributed by atoms with E-state index in [0.717, 1.165) is 16.0 Å². The summed E-state index contributed by atoms with van der Waals surface area (Å²) in [5, 5.41) is 0. The minimum atomic E-state index is -2.89. The molecule has 0 bridgehead atoms. The van der Waals surface area contributed by atoms with Crippen LogP contribution in [0.5, 0.6) is 5.75 Å². The van der Waals surface area contributed by atoms with Crippen molar-refractivity contribution >= 4 is 27.5 Å². The van der Waals surface area contributed by atoms with Crippen molar-refractivity contribution in [2.24, 2.45) is 0 Å². The summed E-state index contributed by atoms with van der Waals surface area (Å²) >= 11 is 1.35. The molecule has 0 unspecified atom stereocenters. The van der Waals surface area contributed by atoms with Crippen molar-refractivity contribution in [2.75, 3.05) is 7.05 Å². The lowest BCUT2D eigenvalue weighted by molar-refractivity contribution is -0.131. The fraction of sp³-hybridized carbons (Fsp3) is 0.174. The van der Waals surface area contributed by atoms with Crippen LogP contribution >= 0.6 is 11.3 Å². The average molecular weight is 455 g/mol. The molecule has 0 N–H and O–H groups in total. The molecule has 2 aromatic heterocycles. The SMILES string of the molecule is CN(Cc1ccc(OC(F)F)cc1)C(=O)Cn1cnc2cc(-c3ccccc3)sc2c1=O. The van der Waals surface area contributed by atoms with Gasteiger partial charge in [-0.3, -0.25) is 14.2 Å². The highest BCUT2D eigenvalue weighted by Gasteiger charge is 2.15. The average Bonchev–Trinajstić information content (AvgIpc) is 3.22. The van der Waals surface area contributed by atoms with Crippen molar-refractivity contribution in [2.45, 2.75) is 19.7 Å². The van der Waals surface area contributed by atoms with E-state index in [4.69, 9.17) is 0 Å². The second-order valence-corrected chi connectivity index (χ2v) is 8.19. The summed E-state index contributed by atoms with van der Waals surface area (Å²) in [5.41, 5.74) is 2.08. The lowest BCUT2D eigenvalue weighted by Gasteiger charge is -2.18. The Labute approximate surface area is 186 Å². The van der Waals surface area contributed by atoms with Gasteiger partial charge >= 0.3 is 6.61 Å². The van der Waals surface area contributed by atoms with Crippen LogP contribution in [0.3, 0.4) is 0 Å². The number of fused-ring (bicyclic) bond motifs is 1. The number of nitrogens with zero attached hydrogens (tertiary/aromatic N) is 3. The van der Waals surface area contributed by atoms with Gasteiger partial charge in [0.25, 0.3) is 5.56 Å². The highest BCUT2D eigenvalue weighted by molar-refractivity contribution is 7.22. The molecule has 9 heteroatoms. The topological polar surface area (TPSA) is 64.4 Å². The number of amides is 1. The Bertz CT molecular complexity index is 1290. The summed E-state index contributed by atoms with van der Waals surface area (Å²) in [4.78, 5) is 32.3. The summed E-state index contributed by atoms with van der Waals surface area (Å²) in [6, 6.07) is 17.6. The van der Waals surface area contributed by atoms with Crippen LogP contribution in [-0.2, 0) is 17.9 Å². The van der Waals surface area contributed by atoms with Gasteiger partial charge in [-0.15, -0.1) is 11.3 Å². The smallest absolute Gasteiger partial charge is 0.387 e. The second kappa shape index (κ2) is 9.27. The van der Waals surface area contributed by atoms with Gasteiger partial charge in [0.2, 0.25) is 5.91 Å². The Morgan fingerprint density at radius 1 is 1.16 bits per heavy atom. The van der Waals surface area contributed by atoms with Gasteiger partial charge in [0.05, 0.1) is 11.8 Å². The Hall–Kier alpha value is -3.59. The predicted octanol–water partition coefficient (Wildman–Crippen LogP) is 4.39. The molecule has 2 heterocycles. The summed E-state index contributed by atoms with van der Waals surface area (Å²) in [5.74, 6) is -0.226. The molecular formula is C23H19F2N3O3S. The van der Waals surface area contributed by atoms with E-state index in [-0.39, 0.29) is 30.3 Å². The van der Waals surface area contributed by atoms with Gasteiger partial charge < -0.3 is 9.64 Å². The molecule has 4 rings (SSSR count). The van der Waals surface area contributed by atoms with E-state index in [0.29, 0.717) is 10.2 Å². The van der Waals surface area contributed by atoms with Gasteiger partial charge in [0, 0.05) is 18.5 Å². The number of benzene rings is 2. The van der Waals surface area contributed by atoms with E-state index in [2.05, 4.69) is 9.72 Å². The molecule has 1 amide bonds. The maximum absolute atomic E-state index is 12.9. The lowest BCUT2D eigenvalue weighted by Crippen LogP contribution is -2.33. The molecule has 0 fully saturated rings. The number of thiophene rings is 1. The number of likely N-dealkylation sites (N-methyl/N-ethyl adjacent to an activating group) is 1. The van der Waals surface area contributed by atoms with Crippen LogP contribution < -0.4 is 10.3 Å². The third-order valence-electron chi connectivity index (χ3n) is 4.86. The van der Waals surface area contributed by atoms with Gasteiger partial charge in [-0.25, -0.2) is 4.98 Å². The summed E-state index contributed by atoms with van der Waals surface area (Å²) in [6.07, 6.45) is 1.38. The van der Waals surface area contributed by atoms with Crippen LogP contribution in [0.25, 0.3) is 20.7 Å². The number of hydrogen-bond acceptors (Lipinski definition) is 5. The molecule has 6 nitrogen and oxygen atoms in total. The molecule has 32 heavy (non-hydrogen) atoms. The Morgan fingerprint density at radius 2 is 1.88 bits per heavy atom. The highest BCUT2D eigenvalue weighted by Crippen LogP contribution is 2.30. The summed E-state index contributed by atoms with van der Waals surface area (Å²) < 4.78 is 30.6. The molecule has 0 spiro atoms. The van der Waals surface area contributed by atoms with Crippen molar-refractivity contribution in [3.63, 3.8) is 0 Å². The van der Waals surface area contributed by atoms with E-state index in [1.165, 1.54) is 39.3 Å². The van der Waals surface area contributed by atoms with Crippen LogP contribution in [0.4, 0.5) is 8.78 Å². The van der Waals surface area contributed by atoms with E-state index in [1.807, 2.05) is 36.4 Å².